The highest BCUT2D eigenvalue weighted by molar-refractivity contribution is 14.0. The predicted molar refractivity (Wildman–Crippen MR) is 133 cm³/mol. The Morgan fingerprint density at radius 3 is 2.63 bits per heavy atom. The Balaban J connectivity index is 0.00000320. The van der Waals surface area contributed by atoms with Crippen LogP contribution in [0.15, 0.2) is 33.8 Å². The normalized spacial score (nSPS) is 15.6. The largest absolute Gasteiger partial charge is 0.372 e. The van der Waals surface area contributed by atoms with Crippen LogP contribution >= 0.6 is 24.0 Å². The number of nitrogens with zero attached hydrogens (tertiary/aromatic N) is 4. The third-order valence-corrected chi connectivity index (χ3v) is 5.03. The van der Waals surface area contributed by atoms with Gasteiger partial charge in [-0.05, 0) is 44.4 Å². The molecule has 3 rings (SSSR count). The molecule has 8 heteroatoms. The molecule has 0 spiro atoms. The summed E-state index contributed by atoms with van der Waals surface area (Å²) < 4.78 is 5.36. The van der Waals surface area contributed by atoms with Crippen LogP contribution in [-0.4, -0.2) is 35.7 Å². The maximum absolute atomic E-state index is 5.36. The van der Waals surface area contributed by atoms with Crippen molar-refractivity contribution in [1.29, 1.82) is 0 Å². The number of nitrogens with one attached hydrogen (secondary N) is 2. The summed E-state index contributed by atoms with van der Waals surface area (Å²) in [5.41, 5.74) is 2.39. The van der Waals surface area contributed by atoms with Gasteiger partial charge in [0.2, 0.25) is 5.89 Å². The minimum Gasteiger partial charge on any atom is -0.372 e. The Morgan fingerprint density at radius 2 is 2.00 bits per heavy atom. The summed E-state index contributed by atoms with van der Waals surface area (Å²) in [5.74, 6) is 1.97. The van der Waals surface area contributed by atoms with Gasteiger partial charge in [-0.1, -0.05) is 38.1 Å². The fraction of sp³-hybridized carbons (Fsp3) is 0.591. The third-order valence-electron chi connectivity index (χ3n) is 5.03. The summed E-state index contributed by atoms with van der Waals surface area (Å²) in [4.78, 5) is 11.6. The van der Waals surface area contributed by atoms with Gasteiger partial charge in [0.25, 0.3) is 0 Å². The molecule has 2 N–H and O–H groups in total. The quantitative estimate of drug-likeness (QED) is 0.330. The van der Waals surface area contributed by atoms with Gasteiger partial charge in [0.05, 0.1) is 6.04 Å². The van der Waals surface area contributed by atoms with Gasteiger partial charge in [0.15, 0.2) is 11.8 Å². The van der Waals surface area contributed by atoms with Gasteiger partial charge < -0.3 is 20.1 Å². The Bertz CT molecular complexity index is 823. The van der Waals surface area contributed by atoms with E-state index in [0.717, 1.165) is 25.6 Å². The third kappa shape index (κ3) is 6.58. The van der Waals surface area contributed by atoms with Gasteiger partial charge in [-0.15, -0.1) is 24.0 Å². The van der Waals surface area contributed by atoms with Crippen molar-refractivity contribution >= 4 is 35.6 Å². The molecule has 1 unspecified atom stereocenters. The first kappa shape index (κ1) is 24.4. The van der Waals surface area contributed by atoms with Crippen LogP contribution < -0.4 is 15.5 Å². The van der Waals surface area contributed by atoms with Crippen LogP contribution in [0.1, 0.15) is 70.8 Å². The first-order valence-corrected chi connectivity index (χ1v) is 10.6. The molecule has 7 nitrogen and oxygen atoms in total. The van der Waals surface area contributed by atoms with Crippen LogP contribution in [0.2, 0.25) is 0 Å². The second-order valence-corrected chi connectivity index (χ2v) is 8.62. The molecule has 1 aliphatic rings. The second kappa shape index (κ2) is 11.0. The van der Waals surface area contributed by atoms with Crippen molar-refractivity contribution in [2.24, 2.45) is 4.99 Å². The van der Waals surface area contributed by atoms with E-state index in [1.807, 2.05) is 0 Å². The fourth-order valence-electron chi connectivity index (χ4n) is 3.35. The van der Waals surface area contributed by atoms with Crippen molar-refractivity contribution in [2.45, 2.75) is 65.5 Å². The predicted octanol–water partition coefficient (Wildman–Crippen LogP) is 4.40. The molecule has 0 bridgehead atoms. The molecule has 0 amide bonds. The number of guanidine groups is 1. The average Bonchev–Trinajstić information content (AvgIpc) is 3.38. The summed E-state index contributed by atoms with van der Waals surface area (Å²) in [6.45, 7) is 13.8. The smallest absolute Gasteiger partial charge is 0.232 e. The molecule has 0 radical (unpaired) electrons. The number of aliphatic imine (C=N–C) groups is 1. The molecular formula is C22H35IN6O. The first-order valence-electron chi connectivity index (χ1n) is 10.6. The number of hydrogen-bond donors (Lipinski definition) is 2. The van der Waals surface area contributed by atoms with Crippen LogP contribution in [0.4, 0.5) is 5.69 Å². The SMILES string of the molecule is CCNC(=NCc1noc(C(C)(C)C)n1)NC(C)c1cccc(N2CCCC2)c1.I. The van der Waals surface area contributed by atoms with Gasteiger partial charge in [0.1, 0.15) is 6.54 Å². The molecule has 2 heterocycles. The Kier molecular flexibility index (Phi) is 8.93. The van der Waals surface area contributed by atoms with Gasteiger partial charge in [-0.2, -0.15) is 4.98 Å². The zero-order valence-corrected chi connectivity index (χ0v) is 21.1. The summed E-state index contributed by atoms with van der Waals surface area (Å²) in [6.07, 6.45) is 2.56. The molecule has 1 fully saturated rings. The van der Waals surface area contributed by atoms with Crippen LogP contribution in [-0.2, 0) is 12.0 Å². The Hall–Kier alpha value is -1.84. The second-order valence-electron chi connectivity index (χ2n) is 8.62. The van der Waals surface area contributed by atoms with Crippen molar-refractivity contribution in [1.82, 2.24) is 20.8 Å². The zero-order chi connectivity index (χ0) is 20.9. The van der Waals surface area contributed by atoms with E-state index in [-0.39, 0.29) is 35.4 Å². The molecule has 0 aliphatic carbocycles. The number of aromatic nitrogens is 2. The van der Waals surface area contributed by atoms with Crippen LogP contribution in [0.3, 0.4) is 0 Å². The van der Waals surface area contributed by atoms with E-state index in [9.17, 15) is 0 Å². The molecule has 1 saturated heterocycles. The Morgan fingerprint density at radius 1 is 1.27 bits per heavy atom. The highest BCUT2D eigenvalue weighted by Gasteiger charge is 2.21. The van der Waals surface area contributed by atoms with Crippen molar-refractivity contribution in [3.8, 4) is 0 Å². The standard InChI is InChI=1S/C22H34N6O.HI/c1-6-23-21(24-15-19-26-20(29-27-19)22(3,4)5)25-16(2)17-10-9-11-18(14-17)28-12-7-8-13-28;/h9-11,14,16H,6-8,12-13,15H2,1-5H3,(H2,23,24,25);1H. The van der Waals surface area contributed by atoms with E-state index in [0.29, 0.717) is 18.3 Å². The van der Waals surface area contributed by atoms with E-state index >= 15 is 0 Å². The lowest BCUT2D eigenvalue weighted by Crippen LogP contribution is -2.38. The highest BCUT2D eigenvalue weighted by Crippen LogP contribution is 2.24. The molecular weight excluding hydrogens is 491 g/mol. The number of halogens is 1. The summed E-state index contributed by atoms with van der Waals surface area (Å²) >= 11 is 0. The van der Waals surface area contributed by atoms with Gasteiger partial charge >= 0.3 is 0 Å². The van der Waals surface area contributed by atoms with E-state index in [2.05, 4.69) is 89.6 Å². The minimum atomic E-state index is -0.160. The number of rotatable bonds is 6. The molecule has 166 valence electrons. The molecule has 2 aromatic rings. The van der Waals surface area contributed by atoms with Crippen molar-refractivity contribution in [2.75, 3.05) is 24.5 Å². The maximum Gasteiger partial charge on any atom is 0.232 e. The monoisotopic (exact) mass is 526 g/mol. The molecule has 0 saturated carbocycles. The molecule has 1 aromatic heterocycles. The van der Waals surface area contributed by atoms with Crippen molar-refractivity contribution < 1.29 is 4.52 Å². The molecule has 1 aromatic carbocycles. The van der Waals surface area contributed by atoms with E-state index < -0.39 is 0 Å². The van der Waals surface area contributed by atoms with Crippen LogP contribution in [0, 0.1) is 0 Å². The summed E-state index contributed by atoms with van der Waals surface area (Å²) in [5, 5.41) is 10.8. The topological polar surface area (TPSA) is 78.6 Å². The summed E-state index contributed by atoms with van der Waals surface area (Å²) in [7, 11) is 0. The van der Waals surface area contributed by atoms with E-state index in [1.54, 1.807) is 0 Å². The van der Waals surface area contributed by atoms with E-state index in [1.165, 1.54) is 24.1 Å². The zero-order valence-electron chi connectivity index (χ0n) is 18.7. The lowest BCUT2D eigenvalue weighted by molar-refractivity contribution is 0.318. The van der Waals surface area contributed by atoms with Crippen molar-refractivity contribution in [3.63, 3.8) is 0 Å². The minimum absolute atomic E-state index is 0. The summed E-state index contributed by atoms with van der Waals surface area (Å²) in [6, 6.07) is 8.91. The number of benzene rings is 1. The average molecular weight is 526 g/mol. The fourth-order valence-corrected chi connectivity index (χ4v) is 3.35. The van der Waals surface area contributed by atoms with Crippen LogP contribution in [0.25, 0.3) is 0 Å². The molecule has 1 atom stereocenters. The highest BCUT2D eigenvalue weighted by atomic mass is 127. The molecule has 30 heavy (non-hydrogen) atoms. The van der Waals surface area contributed by atoms with Gasteiger partial charge in [-0.3, -0.25) is 0 Å². The Labute approximate surface area is 197 Å². The van der Waals surface area contributed by atoms with Crippen LogP contribution in [0.5, 0.6) is 0 Å². The lowest BCUT2D eigenvalue weighted by atomic mass is 9.97. The van der Waals surface area contributed by atoms with Gasteiger partial charge in [0, 0.05) is 30.7 Å². The first-order chi connectivity index (χ1) is 13.9. The maximum atomic E-state index is 5.36. The van der Waals surface area contributed by atoms with Crippen molar-refractivity contribution in [3.05, 3.63) is 41.5 Å². The van der Waals surface area contributed by atoms with E-state index in [4.69, 9.17) is 4.52 Å². The number of anilines is 1. The lowest BCUT2D eigenvalue weighted by Gasteiger charge is -2.22. The van der Waals surface area contributed by atoms with Gasteiger partial charge in [-0.25, -0.2) is 4.99 Å². The number of hydrogen-bond acceptors (Lipinski definition) is 5. The molecule has 1 aliphatic heterocycles.